The maximum atomic E-state index is 17.2. The Morgan fingerprint density at radius 2 is 1.60 bits per heavy atom. The van der Waals surface area contributed by atoms with Crippen LogP contribution in [0, 0.1) is 22.5 Å². The Bertz CT molecular complexity index is 3170. The number of hydrogen-bond acceptors (Lipinski definition) is 13. The lowest BCUT2D eigenvalue weighted by atomic mass is 9.55. The number of nitrogens with one attached hydrogen (secondary N) is 2. The highest BCUT2D eigenvalue weighted by atomic mass is 19.1. The zero-order chi connectivity index (χ0) is 49.8. The molecule has 8 heterocycles. The molecule has 13 rings (SSSR count). The summed E-state index contributed by atoms with van der Waals surface area (Å²) in [5.74, 6) is -1.11. The second-order valence-corrected chi connectivity index (χ2v) is 22.7. The van der Waals surface area contributed by atoms with Crippen molar-refractivity contribution in [2.24, 2.45) is 10.8 Å². The molecule has 2 aliphatic carbocycles. The molecule has 382 valence electrons. The number of fused-ring (bicyclic) bond motifs is 5. The van der Waals surface area contributed by atoms with Crippen LogP contribution in [0.4, 0.5) is 24.7 Å². The number of pyridine rings is 1. The van der Waals surface area contributed by atoms with E-state index in [0.717, 1.165) is 101 Å². The number of imide groups is 1. The zero-order valence-electron chi connectivity index (χ0n) is 41.3. The summed E-state index contributed by atoms with van der Waals surface area (Å²) in [5, 5.41) is 23.9. The first-order chi connectivity index (χ1) is 35.3. The number of hydrogen-bond donors (Lipinski definition) is 3. The molecule has 2 amide bonds. The van der Waals surface area contributed by atoms with Gasteiger partial charge < -0.3 is 29.9 Å². The summed E-state index contributed by atoms with van der Waals surface area (Å²) >= 11 is 0. The minimum Gasteiger partial charge on any atom is -0.508 e. The summed E-state index contributed by atoms with van der Waals surface area (Å²) < 4.78 is 57.1. The topological polar surface area (TPSA) is 157 Å². The maximum Gasteiger partial charge on any atom is 0.319 e. The molecule has 18 heteroatoms. The SMILES string of the molecule is CCc1c(F)ccc2cc(O)cc(-c3ncc4c(N5CC6CCC(C5)N6)nc(OCC5(CN6CCC7(CC6)CC(F)(CN6CCN(c8ccc9c(cnn9C9CCC(=O)NC9=O)c8)CC6)C7)CC5)nc4c3F)c12. The molecular weight excluding hydrogens is 936 g/mol. The summed E-state index contributed by atoms with van der Waals surface area (Å²) in [4.78, 5) is 47.9. The van der Waals surface area contributed by atoms with Crippen molar-refractivity contribution in [1.29, 1.82) is 0 Å². The summed E-state index contributed by atoms with van der Waals surface area (Å²) in [5.41, 5.74) is 1.53. The molecule has 5 aliphatic heterocycles. The average molecular weight is 998 g/mol. The van der Waals surface area contributed by atoms with Crippen LogP contribution in [0.1, 0.15) is 82.7 Å². The third-order valence-electron chi connectivity index (χ3n) is 17.6. The Balaban J connectivity index is 0.641. The minimum atomic E-state index is -1.17. The van der Waals surface area contributed by atoms with E-state index in [9.17, 15) is 14.7 Å². The van der Waals surface area contributed by atoms with Crippen LogP contribution < -0.4 is 25.2 Å². The van der Waals surface area contributed by atoms with Gasteiger partial charge in [-0.1, -0.05) is 13.0 Å². The molecule has 3 aromatic carbocycles. The molecule has 7 aliphatic rings. The van der Waals surface area contributed by atoms with Crippen molar-refractivity contribution in [3.05, 3.63) is 72.1 Å². The van der Waals surface area contributed by atoms with Crippen molar-refractivity contribution in [1.82, 2.24) is 45.2 Å². The van der Waals surface area contributed by atoms with Crippen molar-refractivity contribution in [3.63, 3.8) is 0 Å². The van der Waals surface area contributed by atoms with E-state index in [2.05, 4.69) is 52.4 Å². The van der Waals surface area contributed by atoms with Gasteiger partial charge in [0.15, 0.2) is 5.82 Å². The zero-order valence-corrected chi connectivity index (χ0v) is 41.3. The Morgan fingerprint density at radius 3 is 2.34 bits per heavy atom. The Kier molecular flexibility index (Phi) is 11.4. The van der Waals surface area contributed by atoms with Crippen LogP contribution >= 0.6 is 0 Å². The number of halogens is 3. The Hall–Kier alpha value is -6.11. The number of carbonyl (C=O) groups is 2. The molecule has 7 fully saturated rings. The molecule has 6 aromatic rings. The highest BCUT2D eigenvalue weighted by Crippen LogP contribution is 2.58. The minimum absolute atomic E-state index is 0.0201. The summed E-state index contributed by atoms with van der Waals surface area (Å²) in [6.45, 7) is 10.0. The molecule has 3 atom stereocenters. The third-order valence-corrected chi connectivity index (χ3v) is 17.6. The first-order valence-electron chi connectivity index (χ1n) is 26.5. The number of nitrogens with zero attached hydrogens (tertiary/aromatic N) is 9. The maximum absolute atomic E-state index is 17.2. The predicted molar refractivity (Wildman–Crippen MR) is 272 cm³/mol. The van der Waals surface area contributed by atoms with Crippen molar-refractivity contribution in [2.45, 2.75) is 101 Å². The lowest BCUT2D eigenvalue weighted by molar-refractivity contribution is -0.135. The van der Waals surface area contributed by atoms with Gasteiger partial charge in [-0.05, 0) is 135 Å². The Labute approximate surface area is 421 Å². The van der Waals surface area contributed by atoms with Gasteiger partial charge in [-0.15, -0.1) is 0 Å². The molecule has 2 bridgehead atoms. The second kappa shape index (κ2) is 17.8. The monoisotopic (exact) mass is 997 g/mol. The number of piperidine rings is 2. The van der Waals surface area contributed by atoms with Crippen LogP contribution in [0.25, 0.3) is 43.8 Å². The predicted octanol–water partition coefficient (Wildman–Crippen LogP) is 7.22. The number of amides is 2. The number of aryl methyl sites for hydroxylation is 1. The third kappa shape index (κ3) is 8.60. The fourth-order valence-electron chi connectivity index (χ4n) is 13.6. The molecular formula is C55H62F3N11O4. The van der Waals surface area contributed by atoms with Gasteiger partial charge in [0.2, 0.25) is 5.91 Å². The second-order valence-electron chi connectivity index (χ2n) is 22.7. The normalized spacial score (nSPS) is 24.7. The fraction of sp³-hybridized carbons (Fsp3) is 0.527. The van der Waals surface area contributed by atoms with Crippen LogP contribution in [0.15, 0.2) is 54.9 Å². The van der Waals surface area contributed by atoms with Crippen molar-refractivity contribution < 1.29 is 32.6 Å². The standard InChI is InChI=1S/C55H62F3N11O4/c1-2-39-42(56)7-3-33-22-38(70)23-40(46(33)39)48-47(57)49-41(25-59-48)50(68-26-35-4-5-36(27-68)61-35)64-52(63-49)73-32-54(11-12-54)30-65-15-13-53(14-16-65)28-55(58,29-53)31-66-17-19-67(20-18-66)37-6-8-43-34(21-37)24-60-69(43)44-9-10-45(71)62-51(44)72/h3,6-8,21-25,35-36,44,61,70H,2,4-5,9-20,26-32H2,1H3,(H,62,71,72). The number of carbonyl (C=O) groups excluding carboxylic acids is 2. The molecule has 3 aromatic heterocycles. The molecule has 73 heavy (non-hydrogen) atoms. The van der Waals surface area contributed by atoms with Crippen molar-refractivity contribution in [2.75, 3.05) is 81.9 Å². The summed E-state index contributed by atoms with van der Waals surface area (Å²) in [7, 11) is 0. The first-order valence-corrected chi connectivity index (χ1v) is 26.5. The first kappa shape index (κ1) is 46.7. The molecule has 2 saturated carbocycles. The van der Waals surface area contributed by atoms with Crippen LogP contribution in [-0.4, -0.2) is 141 Å². The number of rotatable bonds is 12. The van der Waals surface area contributed by atoms with Gasteiger partial charge in [-0.3, -0.25) is 29.5 Å². The van der Waals surface area contributed by atoms with Gasteiger partial charge >= 0.3 is 6.01 Å². The number of aromatic nitrogens is 5. The lowest BCUT2D eigenvalue weighted by Crippen LogP contribution is -2.60. The van der Waals surface area contributed by atoms with Crippen molar-refractivity contribution >= 4 is 55.9 Å². The van der Waals surface area contributed by atoms with Gasteiger partial charge in [-0.25, -0.2) is 13.2 Å². The van der Waals surface area contributed by atoms with Crippen LogP contribution in [0.3, 0.4) is 0 Å². The van der Waals surface area contributed by atoms with E-state index < -0.39 is 23.3 Å². The number of alkyl halides is 1. The van der Waals surface area contributed by atoms with Crippen LogP contribution in [0.2, 0.25) is 0 Å². The van der Waals surface area contributed by atoms with E-state index in [-0.39, 0.29) is 45.6 Å². The quantitative estimate of drug-likeness (QED) is 0.106. The van der Waals surface area contributed by atoms with Crippen molar-refractivity contribution in [3.8, 4) is 23.0 Å². The van der Waals surface area contributed by atoms with Gasteiger partial charge in [0.05, 0.1) is 23.7 Å². The number of phenolic OH excluding ortho intramolecular Hbond substituents is 1. The number of phenols is 1. The van der Waals surface area contributed by atoms with Gasteiger partial charge in [-0.2, -0.15) is 15.1 Å². The van der Waals surface area contributed by atoms with E-state index in [0.29, 0.717) is 104 Å². The van der Waals surface area contributed by atoms with E-state index in [4.69, 9.17) is 14.7 Å². The van der Waals surface area contributed by atoms with E-state index in [1.54, 1.807) is 29.2 Å². The van der Waals surface area contributed by atoms with Gasteiger partial charge in [0.1, 0.15) is 40.3 Å². The molecule has 3 unspecified atom stereocenters. The number of anilines is 2. The number of aromatic hydroxyl groups is 1. The van der Waals surface area contributed by atoms with E-state index in [1.165, 1.54) is 12.1 Å². The average Bonchev–Trinajstić information content (AvgIpc) is 3.88. The number of likely N-dealkylation sites (tertiary alicyclic amines) is 1. The molecule has 0 radical (unpaired) electrons. The highest BCUT2D eigenvalue weighted by Gasteiger charge is 2.57. The molecule has 1 spiro atoms. The van der Waals surface area contributed by atoms with Gasteiger partial charge in [0, 0.05) is 99.1 Å². The summed E-state index contributed by atoms with van der Waals surface area (Å²) in [6.07, 6.45) is 11.8. The number of benzene rings is 3. The van der Waals surface area contributed by atoms with Crippen LogP contribution in [0.5, 0.6) is 11.8 Å². The molecule has 3 N–H and O–H groups in total. The number of ether oxygens (including phenoxy) is 1. The van der Waals surface area contributed by atoms with Gasteiger partial charge in [0.25, 0.3) is 5.91 Å². The number of piperazine rings is 2. The van der Waals surface area contributed by atoms with E-state index in [1.807, 2.05) is 13.0 Å². The smallest absolute Gasteiger partial charge is 0.319 e. The largest absolute Gasteiger partial charge is 0.508 e. The molecule has 5 saturated heterocycles. The van der Waals surface area contributed by atoms with E-state index >= 15 is 13.2 Å². The fourth-order valence-corrected chi connectivity index (χ4v) is 13.6. The molecule has 15 nitrogen and oxygen atoms in total. The highest BCUT2D eigenvalue weighted by molar-refractivity contribution is 6.02. The summed E-state index contributed by atoms with van der Waals surface area (Å²) in [6, 6.07) is 12.4. The van der Waals surface area contributed by atoms with Crippen LogP contribution in [-0.2, 0) is 16.0 Å². The lowest BCUT2D eigenvalue weighted by Gasteiger charge is -2.57. The Morgan fingerprint density at radius 1 is 0.836 bits per heavy atom.